The summed E-state index contributed by atoms with van der Waals surface area (Å²) in [6.07, 6.45) is 9.84. The Kier molecular flexibility index (Phi) is 5.49. The van der Waals surface area contributed by atoms with Gasteiger partial charge >= 0.3 is 0 Å². The first kappa shape index (κ1) is 19.1. The second-order valence-corrected chi connectivity index (χ2v) is 7.93. The van der Waals surface area contributed by atoms with Gasteiger partial charge in [0, 0.05) is 17.3 Å². The Morgan fingerprint density at radius 1 is 0.548 bits per heavy atom. The molecule has 1 N–H and O–H groups in total. The highest BCUT2D eigenvalue weighted by atomic mass is 14.9. The van der Waals surface area contributed by atoms with E-state index in [4.69, 9.17) is 0 Å². The predicted molar refractivity (Wildman–Crippen MR) is 133 cm³/mol. The number of benzene rings is 4. The SMILES string of the molecule is C1=CCC(c2ccc(Nc3cc(-c4ccccc4)cc(-c4ccccc4)c3)cc2)C=C1. The second-order valence-electron chi connectivity index (χ2n) is 7.93. The zero-order valence-electron chi connectivity index (χ0n) is 17.4. The summed E-state index contributed by atoms with van der Waals surface area (Å²) in [5, 5.41) is 3.62. The van der Waals surface area contributed by atoms with Crippen LogP contribution >= 0.6 is 0 Å². The molecule has 1 nitrogen and oxygen atoms in total. The largest absolute Gasteiger partial charge is 0.355 e. The second kappa shape index (κ2) is 8.89. The summed E-state index contributed by atoms with van der Waals surface area (Å²) in [4.78, 5) is 0. The molecular weight excluding hydrogens is 374 g/mol. The van der Waals surface area contributed by atoms with Gasteiger partial charge in [-0.2, -0.15) is 0 Å². The Labute approximate surface area is 184 Å². The summed E-state index contributed by atoms with van der Waals surface area (Å²) >= 11 is 0. The highest BCUT2D eigenvalue weighted by Gasteiger charge is 2.09. The number of anilines is 2. The molecule has 1 unspecified atom stereocenters. The Morgan fingerprint density at radius 2 is 1.16 bits per heavy atom. The molecule has 1 aliphatic carbocycles. The number of allylic oxidation sites excluding steroid dienone is 4. The van der Waals surface area contributed by atoms with E-state index in [1.165, 1.54) is 27.8 Å². The maximum absolute atomic E-state index is 3.62. The van der Waals surface area contributed by atoms with Crippen LogP contribution in [-0.4, -0.2) is 0 Å². The maximum atomic E-state index is 3.62. The van der Waals surface area contributed by atoms with Gasteiger partial charge in [-0.15, -0.1) is 0 Å². The van der Waals surface area contributed by atoms with Gasteiger partial charge < -0.3 is 5.32 Å². The molecule has 31 heavy (non-hydrogen) atoms. The van der Waals surface area contributed by atoms with E-state index >= 15 is 0 Å². The van der Waals surface area contributed by atoms with Crippen molar-refractivity contribution in [2.45, 2.75) is 12.3 Å². The van der Waals surface area contributed by atoms with Gasteiger partial charge in [-0.25, -0.2) is 0 Å². The molecule has 0 fully saturated rings. The van der Waals surface area contributed by atoms with Crippen LogP contribution in [0.25, 0.3) is 22.3 Å². The molecule has 0 radical (unpaired) electrons. The topological polar surface area (TPSA) is 12.0 Å². The molecule has 0 heterocycles. The first-order valence-corrected chi connectivity index (χ1v) is 10.8. The van der Waals surface area contributed by atoms with Crippen molar-refractivity contribution in [3.8, 4) is 22.3 Å². The smallest absolute Gasteiger partial charge is 0.0396 e. The minimum absolute atomic E-state index is 0.477. The molecule has 0 aromatic heterocycles. The van der Waals surface area contributed by atoms with E-state index in [1.54, 1.807) is 0 Å². The van der Waals surface area contributed by atoms with Crippen LogP contribution in [0.2, 0.25) is 0 Å². The molecule has 1 aliphatic rings. The zero-order valence-corrected chi connectivity index (χ0v) is 17.4. The molecule has 0 amide bonds. The van der Waals surface area contributed by atoms with E-state index in [0.29, 0.717) is 5.92 Å². The maximum Gasteiger partial charge on any atom is 0.0396 e. The molecule has 0 saturated heterocycles. The summed E-state index contributed by atoms with van der Waals surface area (Å²) in [5.41, 5.74) is 8.40. The van der Waals surface area contributed by atoms with Gasteiger partial charge in [0.15, 0.2) is 0 Å². The summed E-state index contributed by atoms with van der Waals surface area (Å²) in [5.74, 6) is 0.477. The normalized spacial score (nSPS) is 15.0. The van der Waals surface area contributed by atoms with Crippen molar-refractivity contribution < 1.29 is 0 Å². The standard InChI is InChI=1S/C30H25N/c1-4-10-23(11-5-1)26-16-18-29(19-17-26)31-30-21-27(24-12-6-2-7-13-24)20-28(22-30)25-14-8-3-9-15-25/h1-10,12-23,31H,11H2. The van der Waals surface area contributed by atoms with Gasteiger partial charge in [0.2, 0.25) is 0 Å². The number of hydrogen-bond donors (Lipinski definition) is 1. The molecular formula is C30H25N. The predicted octanol–water partition coefficient (Wildman–Crippen LogP) is 8.36. The Balaban J connectivity index is 1.47. The van der Waals surface area contributed by atoms with Gasteiger partial charge in [-0.1, -0.05) is 97.1 Å². The lowest BCUT2D eigenvalue weighted by molar-refractivity contribution is 0.854. The van der Waals surface area contributed by atoms with Gasteiger partial charge in [0.1, 0.15) is 0 Å². The van der Waals surface area contributed by atoms with E-state index in [9.17, 15) is 0 Å². The molecule has 1 heteroatoms. The zero-order chi connectivity index (χ0) is 20.9. The lowest BCUT2D eigenvalue weighted by Gasteiger charge is -2.15. The first-order valence-electron chi connectivity index (χ1n) is 10.8. The van der Waals surface area contributed by atoms with E-state index in [1.807, 2.05) is 0 Å². The Bertz CT molecular complexity index is 1140. The van der Waals surface area contributed by atoms with Gasteiger partial charge in [-0.3, -0.25) is 0 Å². The van der Waals surface area contributed by atoms with Crippen molar-refractivity contribution >= 4 is 11.4 Å². The molecule has 4 aromatic rings. The van der Waals surface area contributed by atoms with Crippen molar-refractivity contribution in [1.29, 1.82) is 0 Å². The van der Waals surface area contributed by atoms with Crippen LogP contribution in [-0.2, 0) is 0 Å². The summed E-state index contributed by atoms with van der Waals surface area (Å²) in [6, 6.07) is 36.7. The summed E-state index contributed by atoms with van der Waals surface area (Å²) in [7, 11) is 0. The van der Waals surface area contributed by atoms with Crippen molar-refractivity contribution in [1.82, 2.24) is 0 Å². The Hall–Kier alpha value is -3.84. The van der Waals surface area contributed by atoms with Crippen molar-refractivity contribution in [2.24, 2.45) is 0 Å². The summed E-state index contributed by atoms with van der Waals surface area (Å²) < 4.78 is 0. The third-order valence-electron chi connectivity index (χ3n) is 5.76. The fraction of sp³-hybridized carbons (Fsp3) is 0.0667. The van der Waals surface area contributed by atoms with Crippen LogP contribution in [0.3, 0.4) is 0 Å². The monoisotopic (exact) mass is 399 g/mol. The quantitative estimate of drug-likeness (QED) is 0.355. The van der Waals surface area contributed by atoms with E-state index in [0.717, 1.165) is 17.8 Å². The number of rotatable bonds is 5. The molecule has 4 aromatic carbocycles. The van der Waals surface area contributed by atoms with E-state index in [2.05, 4.69) is 133 Å². The molecule has 0 spiro atoms. The molecule has 5 rings (SSSR count). The molecule has 1 atom stereocenters. The lowest BCUT2D eigenvalue weighted by atomic mass is 9.92. The van der Waals surface area contributed by atoms with Gasteiger partial charge in [0.25, 0.3) is 0 Å². The average Bonchev–Trinajstić information content (AvgIpc) is 2.86. The fourth-order valence-electron chi connectivity index (χ4n) is 4.10. The minimum atomic E-state index is 0.477. The van der Waals surface area contributed by atoms with Crippen LogP contribution in [0.15, 0.2) is 127 Å². The van der Waals surface area contributed by atoms with Crippen LogP contribution in [0.1, 0.15) is 17.9 Å². The van der Waals surface area contributed by atoms with Crippen LogP contribution in [0.4, 0.5) is 11.4 Å². The summed E-state index contributed by atoms with van der Waals surface area (Å²) in [6.45, 7) is 0. The van der Waals surface area contributed by atoms with Crippen LogP contribution in [0, 0.1) is 0 Å². The van der Waals surface area contributed by atoms with Crippen molar-refractivity contribution in [2.75, 3.05) is 5.32 Å². The molecule has 0 aliphatic heterocycles. The number of hydrogen-bond acceptors (Lipinski definition) is 1. The Morgan fingerprint density at radius 3 is 1.71 bits per heavy atom. The molecule has 0 saturated carbocycles. The fourth-order valence-corrected chi connectivity index (χ4v) is 4.10. The lowest BCUT2D eigenvalue weighted by Crippen LogP contribution is -1.97. The van der Waals surface area contributed by atoms with Gasteiger partial charge in [-0.05, 0) is 64.6 Å². The third kappa shape index (κ3) is 4.51. The van der Waals surface area contributed by atoms with Crippen molar-refractivity contribution in [3.05, 3.63) is 133 Å². The molecule has 0 bridgehead atoms. The van der Waals surface area contributed by atoms with Crippen LogP contribution < -0.4 is 5.32 Å². The van der Waals surface area contributed by atoms with E-state index in [-0.39, 0.29) is 0 Å². The minimum Gasteiger partial charge on any atom is -0.355 e. The molecule has 150 valence electrons. The first-order chi connectivity index (χ1) is 15.3. The van der Waals surface area contributed by atoms with Crippen LogP contribution in [0.5, 0.6) is 0 Å². The van der Waals surface area contributed by atoms with Crippen molar-refractivity contribution in [3.63, 3.8) is 0 Å². The highest BCUT2D eigenvalue weighted by Crippen LogP contribution is 2.32. The van der Waals surface area contributed by atoms with E-state index < -0.39 is 0 Å². The number of nitrogens with one attached hydrogen (secondary N) is 1. The van der Waals surface area contributed by atoms with Gasteiger partial charge in [0.05, 0.1) is 0 Å². The third-order valence-corrected chi connectivity index (χ3v) is 5.76. The highest BCUT2D eigenvalue weighted by molar-refractivity contribution is 5.79. The average molecular weight is 400 g/mol.